The lowest BCUT2D eigenvalue weighted by molar-refractivity contribution is 0.627. The maximum absolute atomic E-state index is 12.8. The second-order valence-electron chi connectivity index (χ2n) is 3.07. The van der Waals surface area contributed by atoms with Gasteiger partial charge in [-0.3, -0.25) is 0 Å². The standard InChI is InChI=1S/C11H11ClF/c1-7(2)8(3)9-4-5-11(13)10(12)6-9/h4-6,8H,1,3H2,2H3. The van der Waals surface area contributed by atoms with Crippen molar-refractivity contribution in [1.82, 2.24) is 0 Å². The van der Waals surface area contributed by atoms with Crippen LogP contribution in [0.3, 0.4) is 0 Å². The van der Waals surface area contributed by atoms with Gasteiger partial charge in [0.05, 0.1) is 5.02 Å². The van der Waals surface area contributed by atoms with E-state index in [4.69, 9.17) is 11.6 Å². The van der Waals surface area contributed by atoms with Gasteiger partial charge in [-0.25, -0.2) is 4.39 Å². The van der Waals surface area contributed by atoms with Crippen LogP contribution in [-0.4, -0.2) is 0 Å². The van der Waals surface area contributed by atoms with E-state index in [2.05, 4.69) is 13.5 Å². The van der Waals surface area contributed by atoms with Crippen molar-refractivity contribution in [3.8, 4) is 0 Å². The molecule has 1 rings (SSSR count). The molecule has 0 aliphatic heterocycles. The third-order valence-corrected chi connectivity index (χ3v) is 2.23. The molecule has 0 saturated carbocycles. The molecular formula is C11H11ClF. The Kier molecular flexibility index (Phi) is 3.10. The predicted octanol–water partition coefficient (Wildman–Crippen LogP) is 3.97. The topological polar surface area (TPSA) is 0 Å². The highest BCUT2D eigenvalue weighted by Gasteiger charge is 2.08. The van der Waals surface area contributed by atoms with Crippen LogP contribution in [0, 0.1) is 12.7 Å². The lowest BCUT2D eigenvalue weighted by Crippen LogP contribution is -1.94. The molecule has 0 fully saturated rings. The minimum Gasteiger partial charge on any atom is -0.205 e. The summed E-state index contributed by atoms with van der Waals surface area (Å²) >= 11 is 5.63. The van der Waals surface area contributed by atoms with E-state index >= 15 is 0 Å². The van der Waals surface area contributed by atoms with Crippen molar-refractivity contribution in [2.24, 2.45) is 0 Å². The zero-order valence-corrected chi connectivity index (χ0v) is 8.24. The zero-order chi connectivity index (χ0) is 10.0. The van der Waals surface area contributed by atoms with Crippen molar-refractivity contribution in [3.05, 3.63) is 53.7 Å². The first kappa shape index (κ1) is 10.3. The number of allylic oxidation sites excluding steroid dienone is 1. The highest BCUT2D eigenvalue weighted by atomic mass is 35.5. The number of hydrogen-bond donors (Lipinski definition) is 0. The van der Waals surface area contributed by atoms with Gasteiger partial charge in [0.25, 0.3) is 0 Å². The molecule has 0 N–H and O–H groups in total. The molecule has 0 heterocycles. The highest BCUT2D eigenvalue weighted by molar-refractivity contribution is 6.30. The quantitative estimate of drug-likeness (QED) is 0.630. The van der Waals surface area contributed by atoms with E-state index in [1.165, 1.54) is 6.07 Å². The molecule has 13 heavy (non-hydrogen) atoms. The van der Waals surface area contributed by atoms with E-state index < -0.39 is 5.82 Å². The first-order valence-corrected chi connectivity index (χ1v) is 4.33. The fraction of sp³-hybridized carbons (Fsp3) is 0.182. The largest absolute Gasteiger partial charge is 0.205 e. The lowest BCUT2D eigenvalue weighted by Gasteiger charge is -2.11. The van der Waals surface area contributed by atoms with E-state index in [0.29, 0.717) is 0 Å². The first-order valence-electron chi connectivity index (χ1n) is 3.96. The Balaban J connectivity index is 3.03. The number of benzene rings is 1. The van der Waals surface area contributed by atoms with Gasteiger partial charge in [-0.2, -0.15) is 0 Å². The summed E-state index contributed by atoms with van der Waals surface area (Å²) in [6, 6.07) is 4.61. The zero-order valence-electron chi connectivity index (χ0n) is 7.48. The molecule has 1 aromatic rings. The van der Waals surface area contributed by atoms with Crippen LogP contribution in [0.1, 0.15) is 18.4 Å². The Morgan fingerprint density at radius 3 is 2.62 bits per heavy atom. The normalized spacial score (nSPS) is 12.6. The Bertz CT molecular complexity index is 331. The van der Waals surface area contributed by atoms with Crippen molar-refractivity contribution in [1.29, 1.82) is 0 Å². The van der Waals surface area contributed by atoms with Crippen molar-refractivity contribution in [3.63, 3.8) is 0 Å². The molecule has 2 heteroatoms. The first-order chi connectivity index (χ1) is 6.02. The van der Waals surface area contributed by atoms with Gasteiger partial charge in [0.1, 0.15) is 5.82 Å². The summed E-state index contributed by atoms with van der Waals surface area (Å²) in [7, 11) is 0. The Hall–Kier alpha value is -0.820. The summed E-state index contributed by atoms with van der Waals surface area (Å²) < 4.78 is 12.8. The Labute approximate surface area is 83.0 Å². The predicted molar refractivity (Wildman–Crippen MR) is 54.3 cm³/mol. The second-order valence-corrected chi connectivity index (χ2v) is 3.48. The van der Waals surface area contributed by atoms with Gasteiger partial charge in [-0.15, -0.1) is 0 Å². The average Bonchev–Trinajstić information content (AvgIpc) is 2.08. The van der Waals surface area contributed by atoms with Gasteiger partial charge in [-0.05, 0) is 31.5 Å². The van der Waals surface area contributed by atoms with Crippen LogP contribution in [0.4, 0.5) is 4.39 Å². The van der Waals surface area contributed by atoms with Crippen molar-refractivity contribution in [2.75, 3.05) is 0 Å². The van der Waals surface area contributed by atoms with Gasteiger partial charge in [0.2, 0.25) is 0 Å². The summed E-state index contributed by atoms with van der Waals surface area (Å²) in [5.74, 6) is -0.433. The molecule has 0 aromatic heterocycles. The van der Waals surface area contributed by atoms with Gasteiger partial charge >= 0.3 is 0 Å². The molecule has 1 atom stereocenters. The molecule has 0 spiro atoms. The monoisotopic (exact) mass is 197 g/mol. The van der Waals surface area contributed by atoms with Crippen molar-refractivity contribution in [2.45, 2.75) is 12.8 Å². The smallest absolute Gasteiger partial charge is 0.141 e. The van der Waals surface area contributed by atoms with Crippen LogP contribution in [0.15, 0.2) is 30.4 Å². The molecule has 1 aromatic carbocycles. The minimum absolute atomic E-state index is 0.0295. The van der Waals surface area contributed by atoms with Gasteiger partial charge in [0.15, 0.2) is 0 Å². The van der Waals surface area contributed by atoms with Crippen LogP contribution in [0.25, 0.3) is 0 Å². The third kappa shape index (κ3) is 2.31. The molecule has 1 radical (unpaired) electrons. The molecule has 0 nitrogen and oxygen atoms in total. The van der Waals surface area contributed by atoms with E-state index in [9.17, 15) is 4.39 Å². The number of rotatable bonds is 2. The van der Waals surface area contributed by atoms with E-state index in [-0.39, 0.29) is 10.9 Å². The lowest BCUT2D eigenvalue weighted by atomic mass is 9.95. The second kappa shape index (κ2) is 3.93. The maximum atomic E-state index is 12.8. The number of hydrogen-bond acceptors (Lipinski definition) is 0. The summed E-state index contributed by atoms with van der Waals surface area (Å²) in [5, 5.41) is 0.132. The van der Waals surface area contributed by atoms with Crippen LogP contribution >= 0.6 is 11.6 Å². The Morgan fingerprint density at radius 2 is 2.15 bits per heavy atom. The molecule has 0 aliphatic rings. The number of halogens is 2. The van der Waals surface area contributed by atoms with Crippen LogP contribution in [0.5, 0.6) is 0 Å². The van der Waals surface area contributed by atoms with Gasteiger partial charge < -0.3 is 0 Å². The molecule has 1 unspecified atom stereocenters. The van der Waals surface area contributed by atoms with E-state index in [1.807, 2.05) is 6.92 Å². The highest BCUT2D eigenvalue weighted by Crippen LogP contribution is 2.25. The average molecular weight is 198 g/mol. The molecule has 69 valence electrons. The fourth-order valence-corrected chi connectivity index (χ4v) is 1.20. The Morgan fingerprint density at radius 1 is 1.54 bits per heavy atom. The maximum Gasteiger partial charge on any atom is 0.141 e. The molecule has 0 saturated heterocycles. The summed E-state index contributed by atoms with van der Waals surface area (Å²) in [6.07, 6.45) is 0. The molecule has 0 bridgehead atoms. The van der Waals surface area contributed by atoms with Crippen LogP contribution in [0.2, 0.25) is 5.02 Å². The van der Waals surface area contributed by atoms with Crippen molar-refractivity contribution >= 4 is 11.6 Å². The van der Waals surface area contributed by atoms with Gasteiger partial charge in [0, 0.05) is 5.92 Å². The summed E-state index contributed by atoms with van der Waals surface area (Å²) in [6.45, 7) is 9.57. The SMILES string of the molecule is [CH2]C(C(=C)C)c1ccc(F)c(Cl)c1. The van der Waals surface area contributed by atoms with Crippen molar-refractivity contribution < 1.29 is 4.39 Å². The molecular weight excluding hydrogens is 187 g/mol. The van der Waals surface area contributed by atoms with E-state index in [1.54, 1.807) is 12.1 Å². The van der Waals surface area contributed by atoms with E-state index in [0.717, 1.165) is 11.1 Å². The minimum atomic E-state index is -0.403. The fourth-order valence-electron chi connectivity index (χ4n) is 1.01. The molecule has 0 aliphatic carbocycles. The summed E-state index contributed by atoms with van der Waals surface area (Å²) in [4.78, 5) is 0. The van der Waals surface area contributed by atoms with Gasteiger partial charge in [-0.1, -0.05) is 29.8 Å². The molecule has 0 amide bonds. The summed E-state index contributed by atoms with van der Waals surface area (Å²) in [5.41, 5.74) is 1.82. The van der Waals surface area contributed by atoms with Crippen LogP contribution in [-0.2, 0) is 0 Å². The van der Waals surface area contributed by atoms with Crippen LogP contribution < -0.4 is 0 Å². The third-order valence-electron chi connectivity index (χ3n) is 1.94.